The Morgan fingerprint density at radius 2 is 1.90 bits per heavy atom. The van der Waals surface area contributed by atoms with E-state index in [1.54, 1.807) is 24.3 Å². The van der Waals surface area contributed by atoms with Crippen LogP contribution in [0.25, 0.3) is 0 Å². The van der Waals surface area contributed by atoms with Crippen LogP contribution in [0, 0.1) is 0 Å². The molecule has 8 nitrogen and oxygen atoms in total. The molecular weight excluding hydrogens is 396 g/mol. The fraction of sp³-hybridized carbons (Fsp3) is 0.250. The van der Waals surface area contributed by atoms with E-state index in [9.17, 15) is 14.7 Å². The Hall–Kier alpha value is -3.26. The smallest absolute Gasteiger partial charge is 0.329 e. The first kappa shape index (κ1) is 22.0. The maximum Gasteiger partial charge on any atom is 0.329 e. The van der Waals surface area contributed by atoms with Crippen molar-refractivity contribution in [3.8, 4) is 11.5 Å². The van der Waals surface area contributed by atoms with Gasteiger partial charge in [0.1, 0.15) is 11.5 Å². The van der Waals surface area contributed by atoms with Gasteiger partial charge in [-0.3, -0.25) is 9.59 Å². The lowest BCUT2D eigenvalue weighted by Crippen LogP contribution is -2.32. The Morgan fingerprint density at radius 1 is 1.17 bits per heavy atom. The van der Waals surface area contributed by atoms with Crippen LogP contribution in [-0.2, 0) is 9.59 Å². The molecule has 0 bridgehead atoms. The number of rotatable bonds is 7. The minimum atomic E-state index is -0.984. The molecule has 0 aliphatic heterocycles. The molecule has 3 N–H and O–H groups in total. The first-order valence-electron chi connectivity index (χ1n) is 8.95. The third kappa shape index (κ3) is 5.86. The van der Waals surface area contributed by atoms with E-state index in [1.807, 2.05) is 19.9 Å². The zero-order chi connectivity index (χ0) is 21.4. The highest BCUT2D eigenvalue weighted by Gasteiger charge is 2.15. The zero-order valence-corrected chi connectivity index (χ0v) is 17.2. The highest BCUT2D eigenvalue weighted by atomic mass is 35.5. The maximum absolute atomic E-state index is 12.0. The molecule has 154 valence electrons. The van der Waals surface area contributed by atoms with Gasteiger partial charge in [-0.2, -0.15) is 5.10 Å². The largest absolute Gasteiger partial charge is 0.507 e. The molecule has 0 heterocycles. The lowest BCUT2D eigenvalue weighted by Gasteiger charge is -2.21. The van der Waals surface area contributed by atoms with Crippen LogP contribution in [0.15, 0.2) is 41.5 Å². The second kappa shape index (κ2) is 10.3. The molecule has 2 aromatic rings. The number of hydrogen-bond donors (Lipinski definition) is 3. The fourth-order valence-electron chi connectivity index (χ4n) is 2.59. The topological polar surface area (TPSA) is 103 Å². The molecular formula is C20H23ClN4O4. The number of nitrogens with zero attached hydrogens (tertiary/aromatic N) is 2. The summed E-state index contributed by atoms with van der Waals surface area (Å²) in [6.45, 7) is 5.67. The number of aromatic hydroxyl groups is 1. The third-order valence-electron chi connectivity index (χ3n) is 4.13. The summed E-state index contributed by atoms with van der Waals surface area (Å²) in [6, 6.07) is 9.76. The number of phenols is 1. The summed E-state index contributed by atoms with van der Waals surface area (Å²) in [5, 5.41) is 16.7. The molecule has 29 heavy (non-hydrogen) atoms. The normalized spacial score (nSPS) is 10.6. The summed E-state index contributed by atoms with van der Waals surface area (Å²) in [7, 11) is 1.43. The molecule has 2 amide bonds. The summed E-state index contributed by atoms with van der Waals surface area (Å²) >= 11 is 5.89. The zero-order valence-electron chi connectivity index (χ0n) is 16.4. The third-order valence-corrected chi connectivity index (χ3v) is 4.36. The van der Waals surface area contributed by atoms with E-state index in [2.05, 4.69) is 20.7 Å². The standard InChI is InChI=1S/C20H23ClN4O4/c1-4-25(5-2)15-8-6-13(17(26)11-15)12-22-24-20(28)19(27)23-16-10-14(21)7-9-18(16)29-3/h6-12,26H,4-5H2,1-3H3,(H,23,27)(H,24,28)/b22-12+. The van der Waals surface area contributed by atoms with E-state index < -0.39 is 11.8 Å². The van der Waals surface area contributed by atoms with Crippen molar-refractivity contribution < 1.29 is 19.4 Å². The molecule has 2 aromatic carbocycles. The summed E-state index contributed by atoms with van der Waals surface area (Å²) in [6.07, 6.45) is 1.26. The van der Waals surface area contributed by atoms with Crippen molar-refractivity contribution in [1.29, 1.82) is 0 Å². The van der Waals surface area contributed by atoms with Crippen LogP contribution in [-0.4, -0.2) is 43.3 Å². The summed E-state index contributed by atoms with van der Waals surface area (Å²) in [4.78, 5) is 26.1. The van der Waals surface area contributed by atoms with Crippen LogP contribution in [0.3, 0.4) is 0 Å². The number of hydrogen-bond acceptors (Lipinski definition) is 6. The fourth-order valence-corrected chi connectivity index (χ4v) is 2.77. The van der Waals surface area contributed by atoms with Gasteiger partial charge < -0.3 is 20.1 Å². The Kier molecular flexibility index (Phi) is 7.85. The quantitative estimate of drug-likeness (QED) is 0.364. The van der Waals surface area contributed by atoms with E-state index in [1.165, 1.54) is 19.4 Å². The highest BCUT2D eigenvalue weighted by molar-refractivity contribution is 6.40. The highest BCUT2D eigenvalue weighted by Crippen LogP contribution is 2.27. The van der Waals surface area contributed by atoms with Crippen molar-refractivity contribution in [2.45, 2.75) is 13.8 Å². The van der Waals surface area contributed by atoms with Crippen LogP contribution in [0.5, 0.6) is 11.5 Å². The minimum absolute atomic E-state index is 0.0144. The van der Waals surface area contributed by atoms with Gasteiger partial charge in [-0.1, -0.05) is 11.6 Å². The Labute approximate surface area is 174 Å². The van der Waals surface area contributed by atoms with Crippen LogP contribution in [0.4, 0.5) is 11.4 Å². The first-order valence-corrected chi connectivity index (χ1v) is 9.33. The van der Waals surface area contributed by atoms with Crippen LogP contribution in [0.2, 0.25) is 5.02 Å². The van der Waals surface area contributed by atoms with Crippen molar-refractivity contribution >= 4 is 41.0 Å². The molecule has 0 atom stereocenters. The van der Waals surface area contributed by atoms with E-state index in [0.29, 0.717) is 16.3 Å². The predicted octanol–water partition coefficient (Wildman–Crippen LogP) is 2.99. The summed E-state index contributed by atoms with van der Waals surface area (Å²) in [5.41, 5.74) is 3.65. The molecule has 0 saturated heterocycles. The van der Waals surface area contributed by atoms with Crippen molar-refractivity contribution in [2.75, 3.05) is 30.4 Å². The second-order valence-corrected chi connectivity index (χ2v) is 6.35. The van der Waals surface area contributed by atoms with E-state index in [-0.39, 0.29) is 11.4 Å². The van der Waals surface area contributed by atoms with Gasteiger partial charge in [-0.05, 0) is 44.2 Å². The number of carbonyl (C=O) groups excluding carboxylic acids is 2. The lowest BCUT2D eigenvalue weighted by atomic mass is 10.2. The average molecular weight is 419 g/mol. The van der Waals surface area contributed by atoms with Crippen LogP contribution in [0.1, 0.15) is 19.4 Å². The van der Waals surface area contributed by atoms with Crippen molar-refractivity contribution in [3.05, 3.63) is 47.0 Å². The summed E-state index contributed by atoms with van der Waals surface area (Å²) in [5.74, 6) is -1.55. The second-order valence-electron chi connectivity index (χ2n) is 5.91. The molecule has 0 unspecified atom stereocenters. The number of benzene rings is 2. The molecule has 0 spiro atoms. The molecule has 2 rings (SSSR count). The molecule has 0 aliphatic rings. The maximum atomic E-state index is 12.0. The minimum Gasteiger partial charge on any atom is -0.507 e. The molecule has 0 saturated carbocycles. The van der Waals surface area contributed by atoms with Gasteiger partial charge in [0.2, 0.25) is 0 Å². The van der Waals surface area contributed by atoms with Crippen LogP contribution < -0.4 is 20.4 Å². The van der Waals surface area contributed by atoms with Crippen molar-refractivity contribution in [3.63, 3.8) is 0 Å². The number of anilines is 2. The number of amides is 2. The number of nitrogens with one attached hydrogen (secondary N) is 2. The van der Waals surface area contributed by atoms with Gasteiger partial charge in [-0.25, -0.2) is 5.43 Å². The van der Waals surface area contributed by atoms with Crippen molar-refractivity contribution in [1.82, 2.24) is 5.43 Å². The van der Waals surface area contributed by atoms with Gasteiger partial charge in [-0.15, -0.1) is 0 Å². The average Bonchev–Trinajstić information content (AvgIpc) is 2.70. The Bertz CT molecular complexity index is 913. The van der Waals surface area contributed by atoms with Crippen LogP contribution >= 0.6 is 11.6 Å². The molecule has 0 aliphatic carbocycles. The molecule has 0 radical (unpaired) electrons. The van der Waals surface area contributed by atoms with Gasteiger partial charge >= 0.3 is 11.8 Å². The number of phenolic OH excluding ortho intramolecular Hbond substituents is 1. The molecule has 9 heteroatoms. The van der Waals surface area contributed by atoms with E-state index in [0.717, 1.165) is 18.8 Å². The number of methoxy groups -OCH3 is 1. The van der Waals surface area contributed by atoms with Gasteiger partial charge in [0.25, 0.3) is 0 Å². The molecule has 0 aromatic heterocycles. The van der Waals surface area contributed by atoms with Crippen molar-refractivity contribution in [2.24, 2.45) is 5.10 Å². The Morgan fingerprint density at radius 3 is 2.52 bits per heavy atom. The van der Waals surface area contributed by atoms with Gasteiger partial charge in [0.15, 0.2) is 0 Å². The number of hydrazone groups is 1. The first-order chi connectivity index (χ1) is 13.9. The van der Waals surface area contributed by atoms with Gasteiger partial charge in [0, 0.05) is 35.4 Å². The summed E-state index contributed by atoms with van der Waals surface area (Å²) < 4.78 is 5.11. The Balaban J connectivity index is 2.00. The predicted molar refractivity (Wildman–Crippen MR) is 114 cm³/mol. The molecule has 0 fully saturated rings. The lowest BCUT2D eigenvalue weighted by molar-refractivity contribution is -0.136. The number of halogens is 1. The van der Waals surface area contributed by atoms with E-state index in [4.69, 9.17) is 16.3 Å². The SMILES string of the molecule is CCN(CC)c1ccc(/C=N/NC(=O)C(=O)Nc2cc(Cl)ccc2OC)c(O)c1. The monoisotopic (exact) mass is 418 g/mol. The van der Waals surface area contributed by atoms with E-state index >= 15 is 0 Å². The number of ether oxygens (including phenoxy) is 1. The van der Waals surface area contributed by atoms with Gasteiger partial charge in [0.05, 0.1) is 19.0 Å². The number of carbonyl (C=O) groups is 2.